The summed E-state index contributed by atoms with van der Waals surface area (Å²) in [6.07, 6.45) is 3.56. The monoisotopic (exact) mass is 228 g/mol. The van der Waals surface area contributed by atoms with Crippen LogP contribution in [0.1, 0.15) is 23.7 Å². The Bertz CT molecular complexity index is 389. The second kappa shape index (κ2) is 5.56. The molecule has 0 spiro atoms. The molecule has 1 heterocycles. The lowest BCUT2D eigenvalue weighted by Gasteiger charge is -2.11. The van der Waals surface area contributed by atoms with Gasteiger partial charge in [-0.25, -0.2) is 0 Å². The molecule has 0 fully saturated rings. The van der Waals surface area contributed by atoms with Crippen molar-refractivity contribution >= 4 is 17.5 Å². The van der Waals surface area contributed by atoms with E-state index < -0.39 is 0 Å². The van der Waals surface area contributed by atoms with E-state index in [2.05, 4.69) is 10.3 Å². The first kappa shape index (κ1) is 11.8. The normalized spacial score (nSPS) is 12.1. The standard InChI is InChI=1S/C10H13ClN2O2/c1-7(2-4-11)13-10(15)8-6-12-5-3-9(8)14/h3,5-7H,2,4H2,1H3,(H,12,14)(H,13,15). The highest BCUT2D eigenvalue weighted by molar-refractivity contribution is 6.17. The third kappa shape index (κ3) is 3.40. The Hall–Kier alpha value is -1.29. The number of carbonyl (C=O) groups is 1. The van der Waals surface area contributed by atoms with E-state index in [4.69, 9.17) is 11.6 Å². The maximum absolute atomic E-state index is 11.6. The molecule has 1 aromatic heterocycles. The van der Waals surface area contributed by atoms with Gasteiger partial charge in [0.25, 0.3) is 5.91 Å². The molecule has 0 bridgehead atoms. The van der Waals surface area contributed by atoms with Crippen LogP contribution in [0.4, 0.5) is 0 Å². The van der Waals surface area contributed by atoms with Crippen LogP contribution in [-0.2, 0) is 0 Å². The zero-order chi connectivity index (χ0) is 11.3. The third-order valence-electron chi connectivity index (χ3n) is 1.99. The first-order valence-electron chi connectivity index (χ1n) is 4.69. The molecule has 0 aliphatic carbocycles. The van der Waals surface area contributed by atoms with Crippen LogP contribution in [0.5, 0.6) is 0 Å². The molecule has 0 aliphatic rings. The van der Waals surface area contributed by atoms with E-state index in [1.165, 1.54) is 18.5 Å². The number of amides is 1. The third-order valence-corrected chi connectivity index (χ3v) is 2.21. The number of aromatic amines is 1. The molecule has 1 atom stereocenters. The van der Waals surface area contributed by atoms with Gasteiger partial charge in [-0.2, -0.15) is 0 Å². The summed E-state index contributed by atoms with van der Waals surface area (Å²) in [6, 6.07) is 1.29. The summed E-state index contributed by atoms with van der Waals surface area (Å²) < 4.78 is 0. The average Bonchev–Trinajstić information content (AvgIpc) is 2.18. The minimum absolute atomic E-state index is 0.0328. The predicted molar refractivity (Wildman–Crippen MR) is 59.3 cm³/mol. The molecular formula is C10H13ClN2O2. The van der Waals surface area contributed by atoms with Gasteiger partial charge < -0.3 is 10.3 Å². The van der Waals surface area contributed by atoms with Gasteiger partial charge in [0, 0.05) is 30.4 Å². The van der Waals surface area contributed by atoms with Gasteiger partial charge in [0.1, 0.15) is 5.56 Å². The molecule has 0 aliphatic heterocycles. The molecule has 0 saturated carbocycles. The summed E-state index contributed by atoms with van der Waals surface area (Å²) in [5, 5.41) is 2.69. The Labute approximate surface area is 92.7 Å². The van der Waals surface area contributed by atoms with Crippen LogP contribution in [0, 0.1) is 0 Å². The second-order valence-electron chi connectivity index (χ2n) is 3.27. The fraction of sp³-hybridized carbons (Fsp3) is 0.400. The Balaban J connectivity index is 2.70. The maximum atomic E-state index is 11.6. The summed E-state index contributed by atoms with van der Waals surface area (Å²) >= 11 is 5.54. The second-order valence-corrected chi connectivity index (χ2v) is 3.65. The van der Waals surface area contributed by atoms with E-state index >= 15 is 0 Å². The molecule has 1 amide bonds. The van der Waals surface area contributed by atoms with Crippen LogP contribution in [0.15, 0.2) is 23.3 Å². The lowest BCUT2D eigenvalue weighted by atomic mass is 10.2. The molecule has 5 heteroatoms. The van der Waals surface area contributed by atoms with Crippen LogP contribution >= 0.6 is 11.6 Å². The van der Waals surface area contributed by atoms with Gasteiger partial charge in [-0.15, -0.1) is 11.6 Å². The van der Waals surface area contributed by atoms with Crippen molar-refractivity contribution in [3.63, 3.8) is 0 Å². The average molecular weight is 229 g/mol. The molecule has 0 saturated heterocycles. The quantitative estimate of drug-likeness (QED) is 0.759. The van der Waals surface area contributed by atoms with Gasteiger partial charge in [0.15, 0.2) is 5.43 Å². The zero-order valence-electron chi connectivity index (χ0n) is 8.42. The number of nitrogens with one attached hydrogen (secondary N) is 2. The van der Waals surface area contributed by atoms with Crippen molar-refractivity contribution in [2.24, 2.45) is 0 Å². The molecule has 0 radical (unpaired) electrons. The molecule has 0 aromatic carbocycles. The van der Waals surface area contributed by atoms with Crippen molar-refractivity contribution in [3.8, 4) is 0 Å². The summed E-state index contributed by atoms with van der Waals surface area (Å²) in [5.41, 5.74) is -0.164. The van der Waals surface area contributed by atoms with Crippen molar-refractivity contribution in [1.29, 1.82) is 0 Å². The van der Waals surface area contributed by atoms with Crippen LogP contribution in [-0.4, -0.2) is 22.8 Å². The van der Waals surface area contributed by atoms with Gasteiger partial charge in [0.05, 0.1) is 0 Å². The van der Waals surface area contributed by atoms with Gasteiger partial charge >= 0.3 is 0 Å². The molecule has 4 nitrogen and oxygen atoms in total. The van der Waals surface area contributed by atoms with Crippen molar-refractivity contribution < 1.29 is 4.79 Å². The highest BCUT2D eigenvalue weighted by atomic mass is 35.5. The highest BCUT2D eigenvalue weighted by Crippen LogP contribution is 1.95. The summed E-state index contributed by atoms with van der Waals surface area (Å²) in [4.78, 5) is 25.6. The summed E-state index contributed by atoms with van der Waals surface area (Å²) in [7, 11) is 0. The lowest BCUT2D eigenvalue weighted by molar-refractivity contribution is 0.0938. The molecule has 1 rings (SSSR count). The van der Waals surface area contributed by atoms with Gasteiger partial charge in [-0.05, 0) is 13.3 Å². The van der Waals surface area contributed by atoms with Gasteiger partial charge in [-0.3, -0.25) is 9.59 Å². The zero-order valence-corrected chi connectivity index (χ0v) is 9.17. The minimum Gasteiger partial charge on any atom is -0.367 e. The Morgan fingerprint density at radius 1 is 1.67 bits per heavy atom. The first-order valence-corrected chi connectivity index (χ1v) is 5.22. The number of alkyl halides is 1. The fourth-order valence-corrected chi connectivity index (χ4v) is 1.46. The molecule has 1 aromatic rings. The van der Waals surface area contributed by atoms with E-state index in [1.54, 1.807) is 0 Å². The smallest absolute Gasteiger partial charge is 0.256 e. The van der Waals surface area contributed by atoms with E-state index in [9.17, 15) is 9.59 Å². The number of hydrogen-bond acceptors (Lipinski definition) is 2. The largest absolute Gasteiger partial charge is 0.367 e. The number of carbonyl (C=O) groups excluding carboxylic acids is 1. The highest BCUT2D eigenvalue weighted by Gasteiger charge is 2.11. The summed E-state index contributed by atoms with van der Waals surface area (Å²) in [5.74, 6) is 0.113. The molecule has 15 heavy (non-hydrogen) atoms. The SMILES string of the molecule is CC(CCCl)NC(=O)c1c[nH]ccc1=O. The minimum atomic E-state index is -0.366. The summed E-state index contributed by atoms with van der Waals surface area (Å²) in [6.45, 7) is 1.84. The molecule has 2 N–H and O–H groups in total. The van der Waals surface area contributed by atoms with Crippen molar-refractivity contribution in [2.45, 2.75) is 19.4 Å². The van der Waals surface area contributed by atoms with Crippen LogP contribution in [0.25, 0.3) is 0 Å². The van der Waals surface area contributed by atoms with Crippen molar-refractivity contribution in [2.75, 3.05) is 5.88 Å². The number of rotatable bonds is 4. The Kier molecular flexibility index (Phi) is 4.37. The number of aromatic nitrogens is 1. The number of H-pyrrole nitrogens is 1. The van der Waals surface area contributed by atoms with Crippen molar-refractivity contribution in [3.05, 3.63) is 34.2 Å². The topological polar surface area (TPSA) is 62.0 Å². The van der Waals surface area contributed by atoms with Crippen LogP contribution in [0.3, 0.4) is 0 Å². The molecular weight excluding hydrogens is 216 g/mol. The number of pyridine rings is 1. The van der Waals surface area contributed by atoms with Crippen LogP contribution < -0.4 is 10.7 Å². The van der Waals surface area contributed by atoms with Gasteiger partial charge in [0.2, 0.25) is 0 Å². The van der Waals surface area contributed by atoms with E-state index in [0.29, 0.717) is 12.3 Å². The predicted octanol–water partition coefficient (Wildman–Crippen LogP) is 1.12. The first-order chi connectivity index (χ1) is 7.15. The van der Waals surface area contributed by atoms with E-state index in [1.807, 2.05) is 6.92 Å². The van der Waals surface area contributed by atoms with Gasteiger partial charge in [-0.1, -0.05) is 0 Å². The fourth-order valence-electron chi connectivity index (χ4n) is 1.13. The molecule has 1 unspecified atom stereocenters. The van der Waals surface area contributed by atoms with E-state index in [-0.39, 0.29) is 22.9 Å². The maximum Gasteiger partial charge on any atom is 0.256 e. The van der Waals surface area contributed by atoms with Crippen molar-refractivity contribution in [1.82, 2.24) is 10.3 Å². The van der Waals surface area contributed by atoms with Crippen LogP contribution in [0.2, 0.25) is 0 Å². The Morgan fingerprint density at radius 2 is 2.40 bits per heavy atom. The lowest BCUT2D eigenvalue weighted by Crippen LogP contribution is -2.35. The van der Waals surface area contributed by atoms with E-state index in [0.717, 1.165) is 0 Å². The Morgan fingerprint density at radius 3 is 3.00 bits per heavy atom. The number of halogens is 1. The molecule has 82 valence electrons. The number of hydrogen-bond donors (Lipinski definition) is 2.